The van der Waals surface area contributed by atoms with Gasteiger partial charge in [-0.05, 0) is 25.9 Å². The van der Waals surface area contributed by atoms with Gasteiger partial charge < -0.3 is 0 Å². The largest absolute Gasteiger partial charge is 0.297 e. The molecule has 56 valence electrons. The minimum absolute atomic E-state index is 0.519. The second-order valence-corrected chi connectivity index (χ2v) is 2.28. The van der Waals surface area contributed by atoms with Gasteiger partial charge in [0.05, 0.1) is 0 Å². The fraction of sp³-hybridized carbons (Fsp3) is 0.667. The summed E-state index contributed by atoms with van der Waals surface area (Å²) >= 11 is 0. The van der Waals surface area contributed by atoms with Gasteiger partial charge in [0.15, 0.2) is 11.6 Å². The summed E-state index contributed by atoms with van der Waals surface area (Å²) in [7, 11) is 0. The summed E-state index contributed by atoms with van der Waals surface area (Å²) in [6, 6.07) is 0. The number of nitrogens with zero attached hydrogens (tertiary/aromatic N) is 1. The number of nitroso groups, excluding NO2 is 1. The second-order valence-electron chi connectivity index (χ2n) is 2.28. The Hall–Kier alpha value is -1.06. The molecule has 10 heavy (non-hydrogen) atoms. The molecule has 0 aliphatic rings. The Balaban J connectivity index is 4.72. The minimum Gasteiger partial charge on any atom is -0.297 e. The van der Waals surface area contributed by atoms with Gasteiger partial charge in [-0.1, -0.05) is 0 Å². The Kier molecular flexibility index (Phi) is 2.40. The van der Waals surface area contributed by atoms with Crippen molar-refractivity contribution >= 4 is 11.6 Å². The molecule has 0 N–H and O–H groups in total. The van der Waals surface area contributed by atoms with Gasteiger partial charge in [0, 0.05) is 0 Å². The summed E-state index contributed by atoms with van der Waals surface area (Å²) in [6.45, 7) is 3.55. The third kappa shape index (κ3) is 1.26. The average Bonchev–Trinajstić information content (AvgIpc) is 1.85. The molecule has 0 aromatic carbocycles. The fourth-order valence-electron chi connectivity index (χ4n) is 0.376. The lowest BCUT2D eigenvalue weighted by molar-refractivity contribution is -0.131. The molecule has 0 atom stereocenters. The van der Waals surface area contributed by atoms with Gasteiger partial charge in [-0.25, -0.2) is 0 Å². The third-order valence-corrected chi connectivity index (χ3v) is 1.55. The van der Waals surface area contributed by atoms with Gasteiger partial charge >= 0.3 is 0 Å². The van der Waals surface area contributed by atoms with Crippen LogP contribution in [0.1, 0.15) is 20.8 Å². The van der Waals surface area contributed by atoms with Crippen molar-refractivity contribution in [2.24, 2.45) is 5.18 Å². The first-order chi connectivity index (χ1) is 4.45. The number of carbonyl (C=O) groups excluding carboxylic acids is 2. The molecule has 0 radical (unpaired) electrons. The van der Waals surface area contributed by atoms with Crippen molar-refractivity contribution in [1.82, 2.24) is 0 Å². The normalized spacial score (nSPS) is 10.7. The van der Waals surface area contributed by atoms with Crippen LogP contribution in [-0.4, -0.2) is 17.1 Å². The first-order valence-electron chi connectivity index (χ1n) is 2.81. The highest BCUT2D eigenvalue weighted by molar-refractivity contribution is 6.09. The molecule has 0 rings (SSSR count). The Morgan fingerprint density at radius 2 is 1.50 bits per heavy atom. The lowest BCUT2D eigenvalue weighted by atomic mass is 9.94. The van der Waals surface area contributed by atoms with Crippen LogP contribution in [0.3, 0.4) is 0 Å². The molecule has 4 nitrogen and oxygen atoms in total. The molecule has 0 aromatic heterocycles. The van der Waals surface area contributed by atoms with E-state index < -0.39 is 17.1 Å². The van der Waals surface area contributed by atoms with Gasteiger partial charge in [0.25, 0.3) is 0 Å². The highest BCUT2D eigenvalue weighted by atomic mass is 16.3. The topological polar surface area (TPSA) is 63.6 Å². The van der Waals surface area contributed by atoms with Crippen molar-refractivity contribution in [3.63, 3.8) is 0 Å². The monoisotopic (exact) mass is 143 g/mol. The van der Waals surface area contributed by atoms with Gasteiger partial charge in [0.2, 0.25) is 5.54 Å². The van der Waals surface area contributed by atoms with Crippen molar-refractivity contribution in [1.29, 1.82) is 0 Å². The molecule has 0 saturated heterocycles. The number of hydrogen-bond donors (Lipinski definition) is 0. The predicted molar refractivity (Wildman–Crippen MR) is 35.6 cm³/mol. The van der Waals surface area contributed by atoms with Crippen molar-refractivity contribution in [2.45, 2.75) is 26.3 Å². The van der Waals surface area contributed by atoms with Crippen molar-refractivity contribution in [3.05, 3.63) is 4.91 Å². The molecule has 0 saturated carbocycles. The SMILES string of the molecule is CC(=O)C(C)(N=O)C(C)=O. The molecule has 0 aliphatic heterocycles. The number of rotatable bonds is 3. The highest BCUT2D eigenvalue weighted by Crippen LogP contribution is 2.11. The number of ketones is 2. The van der Waals surface area contributed by atoms with Gasteiger partial charge in [-0.15, -0.1) is 4.91 Å². The Morgan fingerprint density at radius 1 is 1.20 bits per heavy atom. The van der Waals surface area contributed by atoms with Gasteiger partial charge in [-0.2, -0.15) is 0 Å². The Bertz CT molecular complexity index is 171. The van der Waals surface area contributed by atoms with Crippen molar-refractivity contribution in [2.75, 3.05) is 0 Å². The van der Waals surface area contributed by atoms with E-state index in [4.69, 9.17) is 0 Å². The van der Waals surface area contributed by atoms with E-state index in [2.05, 4.69) is 5.18 Å². The van der Waals surface area contributed by atoms with E-state index in [0.717, 1.165) is 0 Å². The maximum absolute atomic E-state index is 10.6. The van der Waals surface area contributed by atoms with E-state index in [0.29, 0.717) is 0 Å². The first-order valence-corrected chi connectivity index (χ1v) is 2.81. The Morgan fingerprint density at radius 3 is 1.50 bits per heavy atom. The molecule has 0 unspecified atom stereocenters. The summed E-state index contributed by atoms with van der Waals surface area (Å²) in [5.41, 5.74) is -1.67. The van der Waals surface area contributed by atoms with E-state index in [1.165, 1.54) is 20.8 Å². The minimum atomic E-state index is -1.67. The Labute approximate surface area is 58.6 Å². The third-order valence-electron chi connectivity index (χ3n) is 1.55. The van der Waals surface area contributed by atoms with Crippen LogP contribution in [0.2, 0.25) is 0 Å². The molecular formula is C6H9NO3. The van der Waals surface area contributed by atoms with Crippen LogP contribution in [0.15, 0.2) is 5.18 Å². The number of carbonyl (C=O) groups is 2. The molecule has 4 heteroatoms. The lowest BCUT2D eigenvalue weighted by Gasteiger charge is -2.11. The first kappa shape index (κ1) is 8.94. The van der Waals surface area contributed by atoms with Gasteiger partial charge in [0.1, 0.15) is 0 Å². The maximum atomic E-state index is 10.6. The zero-order valence-electron chi connectivity index (χ0n) is 6.17. The molecule has 0 spiro atoms. The molecule has 0 bridgehead atoms. The van der Waals surface area contributed by atoms with E-state index in [1.807, 2.05) is 0 Å². The number of Topliss-reactive ketones (excluding diaryl/α,β-unsaturated/α-hetero) is 2. The lowest BCUT2D eigenvalue weighted by Crippen LogP contribution is -2.38. The van der Waals surface area contributed by atoms with Crippen LogP contribution in [0, 0.1) is 4.91 Å². The summed E-state index contributed by atoms with van der Waals surface area (Å²) in [4.78, 5) is 31.3. The molecular weight excluding hydrogens is 134 g/mol. The van der Waals surface area contributed by atoms with E-state index in [1.54, 1.807) is 0 Å². The number of hydrogen-bond acceptors (Lipinski definition) is 4. The molecule has 0 fully saturated rings. The molecule has 0 aromatic rings. The van der Waals surface area contributed by atoms with Crippen molar-refractivity contribution in [3.8, 4) is 0 Å². The van der Waals surface area contributed by atoms with Gasteiger partial charge in [-0.3, -0.25) is 9.59 Å². The maximum Gasteiger partial charge on any atom is 0.214 e. The summed E-state index contributed by atoms with van der Waals surface area (Å²) in [5, 5.41) is 2.47. The summed E-state index contributed by atoms with van der Waals surface area (Å²) in [5.74, 6) is -1.04. The van der Waals surface area contributed by atoms with E-state index in [-0.39, 0.29) is 0 Å². The van der Waals surface area contributed by atoms with E-state index in [9.17, 15) is 14.5 Å². The smallest absolute Gasteiger partial charge is 0.214 e. The second kappa shape index (κ2) is 2.68. The molecule has 0 aliphatic carbocycles. The van der Waals surface area contributed by atoms with E-state index >= 15 is 0 Å². The van der Waals surface area contributed by atoms with Crippen molar-refractivity contribution < 1.29 is 9.59 Å². The standard InChI is InChI=1S/C6H9NO3/c1-4(8)6(3,7-10)5(2)9/h1-3H3. The van der Waals surface area contributed by atoms with Crippen LogP contribution < -0.4 is 0 Å². The highest BCUT2D eigenvalue weighted by Gasteiger charge is 2.36. The summed E-state index contributed by atoms with van der Waals surface area (Å²) < 4.78 is 0. The van der Waals surface area contributed by atoms with Crippen LogP contribution in [0.25, 0.3) is 0 Å². The van der Waals surface area contributed by atoms with Crippen LogP contribution in [0.4, 0.5) is 0 Å². The fourth-order valence-corrected chi connectivity index (χ4v) is 0.376. The zero-order chi connectivity index (χ0) is 8.36. The quantitative estimate of drug-likeness (QED) is 0.431. The molecule has 0 amide bonds. The van der Waals surface area contributed by atoms with Crippen LogP contribution in [-0.2, 0) is 9.59 Å². The van der Waals surface area contributed by atoms with Crippen LogP contribution in [0.5, 0.6) is 0 Å². The zero-order valence-corrected chi connectivity index (χ0v) is 6.17. The predicted octanol–water partition coefficient (Wildman–Crippen LogP) is 0.690. The van der Waals surface area contributed by atoms with Crippen LogP contribution >= 0.6 is 0 Å². The average molecular weight is 143 g/mol. The summed E-state index contributed by atoms with van der Waals surface area (Å²) in [6.07, 6.45) is 0. The molecule has 0 heterocycles.